The lowest BCUT2D eigenvalue weighted by atomic mass is 10.1. The van der Waals surface area contributed by atoms with Gasteiger partial charge in [0.25, 0.3) is 11.6 Å². The van der Waals surface area contributed by atoms with Gasteiger partial charge in [0.2, 0.25) is 5.91 Å². The maximum Gasteiger partial charge on any atom is 0.259 e. The van der Waals surface area contributed by atoms with E-state index < -0.39 is 11.8 Å². The summed E-state index contributed by atoms with van der Waals surface area (Å²) in [6, 6.07) is 9.54. The molecule has 0 radical (unpaired) electrons. The molecule has 0 spiro atoms. The van der Waals surface area contributed by atoms with Crippen LogP contribution in [0.4, 0.5) is 5.69 Å². The number of anilines is 1. The quantitative estimate of drug-likeness (QED) is 0.533. The van der Waals surface area contributed by atoms with Gasteiger partial charge in [-0.25, -0.2) is 4.98 Å². The van der Waals surface area contributed by atoms with Gasteiger partial charge < -0.3 is 24.7 Å². The number of furan rings is 1. The molecule has 29 heavy (non-hydrogen) atoms. The number of carbonyl (C=O) groups is 2. The number of ether oxygens (including phenoxy) is 1. The van der Waals surface area contributed by atoms with E-state index in [1.807, 2.05) is 0 Å². The van der Waals surface area contributed by atoms with E-state index in [4.69, 9.17) is 19.4 Å². The number of aryl methyl sites for hydroxylation is 1. The highest BCUT2D eigenvalue weighted by Crippen LogP contribution is 2.30. The molecule has 2 amide bonds. The zero-order chi connectivity index (χ0) is 20.5. The third kappa shape index (κ3) is 3.29. The van der Waals surface area contributed by atoms with Gasteiger partial charge in [-0.15, -0.1) is 0 Å². The molecule has 0 saturated carbocycles. The number of aromatic nitrogens is 2. The molecule has 0 bridgehead atoms. The predicted molar refractivity (Wildman–Crippen MR) is 104 cm³/mol. The van der Waals surface area contributed by atoms with Crippen LogP contribution in [0.2, 0.25) is 0 Å². The number of benzene rings is 1. The first-order chi connectivity index (χ1) is 14.0. The Hall–Kier alpha value is -4.14. The zero-order valence-corrected chi connectivity index (χ0v) is 15.6. The molecule has 0 aliphatic heterocycles. The van der Waals surface area contributed by atoms with Crippen LogP contribution >= 0.6 is 0 Å². The minimum Gasteiger partial charge on any atom is -0.495 e. The van der Waals surface area contributed by atoms with Gasteiger partial charge in [0.1, 0.15) is 11.4 Å². The van der Waals surface area contributed by atoms with Crippen LogP contribution in [0.5, 0.6) is 5.75 Å². The number of rotatable bonds is 5. The highest BCUT2D eigenvalue weighted by Gasteiger charge is 2.21. The number of nitrogens with two attached hydrogens (primary N) is 1. The maximum atomic E-state index is 13.1. The number of hydrogen-bond acceptors (Lipinski definition) is 7. The topological polar surface area (TPSA) is 133 Å². The van der Waals surface area contributed by atoms with Crippen molar-refractivity contribution in [2.75, 3.05) is 12.4 Å². The number of pyridine rings is 1. The summed E-state index contributed by atoms with van der Waals surface area (Å²) < 4.78 is 15.9. The molecule has 3 N–H and O–H groups in total. The molecule has 0 aliphatic rings. The summed E-state index contributed by atoms with van der Waals surface area (Å²) in [5, 5.41) is 7.14. The van der Waals surface area contributed by atoms with E-state index in [0.717, 1.165) is 0 Å². The molecular formula is C20H16N4O5. The second-order valence-electron chi connectivity index (χ2n) is 6.21. The van der Waals surface area contributed by atoms with Gasteiger partial charge in [-0.2, -0.15) is 0 Å². The van der Waals surface area contributed by atoms with E-state index in [1.165, 1.54) is 25.5 Å². The van der Waals surface area contributed by atoms with Crippen LogP contribution in [0.25, 0.3) is 22.6 Å². The number of fused-ring (bicyclic) bond motifs is 1. The molecule has 3 aromatic heterocycles. The van der Waals surface area contributed by atoms with E-state index in [-0.39, 0.29) is 16.8 Å². The third-order valence-corrected chi connectivity index (χ3v) is 4.37. The molecule has 0 aliphatic carbocycles. The monoisotopic (exact) mass is 392 g/mol. The summed E-state index contributed by atoms with van der Waals surface area (Å²) in [5.74, 6) is -0.230. The molecule has 0 fully saturated rings. The Labute approximate surface area is 164 Å². The van der Waals surface area contributed by atoms with Gasteiger partial charge in [0, 0.05) is 5.56 Å². The summed E-state index contributed by atoms with van der Waals surface area (Å²) >= 11 is 0. The molecule has 9 nitrogen and oxygen atoms in total. The van der Waals surface area contributed by atoms with Gasteiger partial charge in [0.15, 0.2) is 5.76 Å². The van der Waals surface area contributed by atoms with Crippen LogP contribution in [-0.2, 0) is 0 Å². The Morgan fingerprint density at radius 3 is 2.72 bits per heavy atom. The van der Waals surface area contributed by atoms with Crippen molar-refractivity contribution >= 4 is 28.6 Å². The Balaban J connectivity index is 1.80. The lowest BCUT2D eigenvalue weighted by molar-refractivity contribution is 0.0996. The number of nitrogens with one attached hydrogen (secondary N) is 1. The highest BCUT2D eigenvalue weighted by atomic mass is 16.5. The van der Waals surface area contributed by atoms with E-state index in [9.17, 15) is 9.59 Å². The number of hydrogen-bond donors (Lipinski definition) is 2. The van der Waals surface area contributed by atoms with Crippen molar-refractivity contribution in [1.82, 2.24) is 10.1 Å². The van der Waals surface area contributed by atoms with Gasteiger partial charge in [-0.3, -0.25) is 9.59 Å². The molecule has 0 atom stereocenters. The second-order valence-corrected chi connectivity index (χ2v) is 6.21. The van der Waals surface area contributed by atoms with Crippen LogP contribution < -0.4 is 15.8 Å². The first kappa shape index (κ1) is 18.2. The zero-order valence-electron chi connectivity index (χ0n) is 15.6. The standard InChI is InChI=1S/C20H16N4O5/c1-10-17-12(9-14(16-4-3-7-28-16)23-20(17)29-24-10)19(26)22-13-8-11(18(21)25)5-6-15(13)27-2/h3-9H,1-2H3,(H2,21,25)(H,22,26). The lowest BCUT2D eigenvalue weighted by Gasteiger charge is -2.12. The van der Waals surface area contributed by atoms with E-state index >= 15 is 0 Å². The summed E-state index contributed by atoms with van der Waals surface area (Å²) in [5.41, 5.74) is 7.30. The van der Waals surface area contributed by atoms with Crippen molar-refractivity contribution in [3.8, 4) is 17.2 Å². The molecule has 3 heterocycles. The van der Waals surface area contributed by atoms with Crippen molar-refractivity contribution < 1.29 is 23.3 Å². The minimum atomic E-state index is -0.621. The second kappa shape index (κ2) is 7.12. The largest absolute Gasteiger partial charge is 0.495 e. The first-order valence-corrected chi connectivity index (χ1v) is 8.58. The minimum absolute atomic E-state index is 0.208. The van der Waals surface area contributed by atoms with E-state index in [1.54, 1.807) is 31.2 Å². The van der Waals surface area contributed by atoms with Gasteiger partial charge in [0.05, 0.1) is 35.7 Å². The Morgan fingerprint density at radius 1 is 1.21 bits per heavy atom. The molecule has 146 valence electrons. The molecule has 4 aromatic rings. The lowest BCUT2D eigenvalue weighted by Crippen LogP contribution is -2.16. The van der Waals surface area contributed by atoms with Crippen molar-refractivity contribution in [2.24, 2.45) is 5.73 Å². The number of amides is 2. The van der Waals surface area contributed by atoms with Gasteiger partial charge in [-0.1, -0.05) is 5.16 Å². The molecule has 9 heteroatoms. The molecule has 0 saturated heterocycles. The normalized spacial score (nSPS) is 10.8. The smallest absolute Gasteiger partial charge is 0.259 e. The highest BCUT2D eigenvalue weighted by molar-refractivity contribution is 6.13. The van der Waals surface area contributed by atoms with Crippen LogP contribution in [-0.4, -0.2) is 29.1 Å². The summed E-state index contributed by atoms with van der Waals surface area (Å²) in [6.45, 7) is 1.71. The van der Waals surface area contributed by atoms with E-state index in [0.29, 0.717) is 34.0 Å². The summed E-state index contributed by atoms with van der Waals surface area (Å²) in [7, 11) is 1.46. The van der Waals surface area contributed by atoms with Crippen LogP contribution in [0.1, 0.15) is 26.4 Å². The maximum absolute atomic E-state index is 13.1. The summed E-state index contributed by atoms with van der Waals surface area (Å²) in [4.78, 5) is 29.0. The first-order valence-electron chi connectivity index (χ1n) is 8.58. The Kier molecular flexibility index (Phi) is 4.47. The van der Waals surface area contributed by atoms with Crippen LogP contribution in [0, 0.1) is 6.92 Å². The van der Waals surface area contributed by atoms with Gasteiger partial charge in [-0.05, 0) is 43.3 Å². The van der Waals surface area contributed by atoms with Crippen molar-refractivity contribution in [2.45, 2.75) is 6.92 Å². The average molecular weight is 392 g/mol. The van der Waals surface area contributed by atoms with Crippen molar-refractivity contribution in [1.29, 1.82) is 0 Å². The number of carbonyl (C=O) groups excluding carboxylic acids is 2. The summed E-state index contributed by atoms with van der Waals surface area (Å²) in [6.07, 6.45) is 1.51. The number of nitrogens with zero attached hydrogens (tertiary/aromatic N) is 2. The fourth-order valence-electron chi connectivity index (χ4n) is 2.97. The van der Waals surface area contributed by atoms with Crippen LogP contribution in [0.3, 0.4) is 0 Å². The Morgan fingerprint density at radius 2 is 2.03 bits per heavy atom. The van der Waals surface area contributed by atoms with Crippen molar-refractivity contribution in [3.63, 3.8) is 0 Å². The molecular weight excluding hydrogens is 376 g/mol. The SMILES string of the molecule is COc1ccc(C(N)=O)cc1NC(=O)c1cc(-c2ccco2)nc2onc(C)c12. The third-order valence-electron chi connectivity index (χ3n) is 4.37. The fraction of sp³-hybridized carbons (Fsp3) is 0.100. The van der Waals surface area contributed by atoms with Gasteiger partial charge >= 0.3 is 0 Å². The Bertz CT molecular complexity index is 1230. The van der Waals surface area contributed by atoms with Crippen molar-refractivity contribution in [3.05, 3.63) is 59.5 Å². The fourth-order valence-corrected chi connectivity index (χ4v) is 2.97. The number of primary amides is 1. The van der Waals surface area contributed by atoms with Crippen LogP contribution in [0.15, 0.2) is 51.6 Å². The predicted octanol–water partition coefficient (Wildman–Crippen LogP) is 3.15. The molecule has 0 unspecified atom stereocenters. The average Bonchev–Trinajstić information content (AvgIpc) is 3.37. The molecule has 1 aromatic carbocycles. The number of methoxy groups -OCH3 is 1. The molecule has 4 rings (SSSR count). The van der Waals surface area contributed by atoms with E-state index in [2.05, 4.69) is 15.5 Å².